The predicted octanol–water partition coefficient (Wildman–Crippen LogP) is 1.38. The molecule has 0 aromatic carbocycles. The number of rotatable bonds is 4. The molecule has 0 unspecified atom stereocenters. The first-order valence-corrected chi connectivity index (χ1v) is 5.44. The minimum absolute atomic E-state index is 0.0596. The summed E-state index contributed by atoms with van der Waals surface area (Å²) in [4.78, 5) is 4.03. The largest absolute Gasteiger partial charge is 0.487 e. The van der Waals surface area contributed by atoms with E-state index < -0.39 is 0 Å². The molecule has 0 saturated heterocycles. The molecule has 0 atom stereocenters. The number of aliphatic hydroxyl groups is 1. The summed E-state index contributed by atoms with van der Waals surface area (Å²) in [6, 6.07) is 1.80. The van der Waals surface area contributed by atoms with Crippen molar-refractivity contribution in [3.63, 3.8) is 0 Å². The first-order valence-electron chi connectivity index (χ1n) is 5.44. The maximum atomic E-state index is 8.63. The van der Waals surface area contributed by atoms with Crippen molar-refractivity contribution < 1.29 is 14.4 Å². The highest BCUT2D eigenvalue weighted by atomic mass is 16.5. The monoisotopic (exact) mass is 244 g/mol. The maximum Gasteiger partial charge on any atom is 0.139 e. The Morgan fingerprint density at radius 2 is 2.28 bits per heavy atom. The van der Waals surface area contributed by atoms with Gasteiger partial charge in [-0.3, -0.25) is 4.98 Å². The molecular weight excluding hydrogens is 232 g/mol. The first kappa shape index (κ1) is 12.1. The maximum absolute atomic E-state index is 8.63. The summed E-state index contributed by atoms with van der Waals surface area (Å²) in [7, 11) is 0. The lowest BCUT2D eigenvalue weighted by Gasteiger charge is -2.03. The Kier molecular flexibility index (Phi) is 4.33. The third-order valence-electron chi connectivity index (χ3n) is 2.07. The second-order valence-electron chi connectivity index (χ2n) is 3.51. The number of aliphatic hydroxyl groups excluding tert-OH is 1. The Morgan fingerprint density at radius 3 is 3.06 bits per heavy atom. The van der Waals surface area contributed by atoms with Gasteiger partial charge in [0.05, 0.1) is 19.0 Å². The number of hydrogen-bond donors (Lipinski definition) is 1. The topological polar surface area (TPSA) is 68.4 Å². The third kappa shape index (κ3) is 3.61. The van der Waals surface area contributed by atoms with Gasteiger partial charge in [0.25, 0.3) is 0 Å². The van der Waals surface area contributed by atoms with E-state index in [2.05, 4.69) is 22.0 Å². The van der Waals surface area contributed by atoms with Gasteiger partial charge in [0.2, 0.25) is 0 Å². The minimum Gasteiger partial charge on any atom is -0.487 e. The standard InChI is InChI=1S/C13H12N2O3/c16-4-2-1-3-11-5-13(8-14-6-11)17-9-12-7-15-18-10-12/h5-8,10,16H,2,4,9H2. The average molecular weight is 244 g/mol. The molecule has 0 saturated carbocycles. The van der Waals surface area contributed by atoms with Gasteiger partial charge < -0.3 is 14.4 Å². The van der Waals surface area contributed by atoms with Gasteiger partial charge in [-0.05, 0) is 6.07 Å². The Labute approximate surface area is 104 Å². The van der Waals surface area contributed by atoms with Gasteiger partial charge in [-0.2, -0.15) is 0 Å². The Bertz CT molecular complexity index is 541. The van der Waals surface area contributed by atoms with Crippen LogP contribution in [0.1, 0.15) is 17.5 Å². The van der Waals surface area contributed by atoms with E-state index in [0.29, 0.717) is 18.8 Å². The van der Waals surface area contributed by atoms with Crippen LogP contribution >= 0.6 is 0 Å². The van der Waals surface area contributed by atoms with Crippen LogP contribution in [0.25, 0.3) is 0 Å². The SMILES string of the molecule is OCCC#Cc1cncc(OCc2cnoc2)c1. The van der Waals surface area contributed by atoms with E-state index in [9.17, 15) is 0 Å². The molecule has 5 heteroatoms. The number of hydrogen-bond acceptors (Lipinski definition) is 5. The van der Waals surface area contributed by atoms with Crippen LogP contribution in [-0.4, -0.2) is 21.9 Å². The molecule has 2 heterocycles. The van der Waals surface area contributed by atoms with Crippen LogP contribution in [0.3, 0.4) is 0 Å². The van der Waals surface area contributed by atoms with Crippen molar-refractivity contribution in [1.82, 2.24) is 10.1 Å². The molecule has 0 aliphatic carbocycles. The fourth-order valence-corrected chi connectivity index (χ4v) is 1.25. The van der Waals surface area contributed by atoms with Gasteiger partial charge in [0.15, 0.2) is 0 Å². The molecule has 1 N–H and O–H groups in total. The molecule has 0 bridgehead atoms. The van der Waals surface area contributed by atoms with Gasteiger partial charge in [-0.25, -0.2) is 0 Å². The first-order chi connectivity index (χ1) is 8.88. The van der Waals surface area contributed by atoms with Crippen LogP contribution in [0, 0.1) is 11.8 Å². The summed E-state index contributed by atoms with van der Waals surface area (Å²) < 4.78 is 10.2. The molecule has 0 fully saturated rings. The number of pyridine rings is 1. The zero-order valence-corrected chi connectivity index (χ0v) is 9.67. The van der Waals surface area contributed by atoms with Crippen LogP contribution in [0.2, 0.25) is 0 Å². The fourth-order valence-electron chi connectivity index (χ4n) is 1.25. The van der Waals surface area contributed by atoms with E-state index >= 15 is 0 Å². The molecule has 0 amide bonds. The summed E-state index contributed by atoms with van der Waals surface area (Å²) in [5.74, 6) is 6.35. The highest BCUT2D eigenvalue weighted by molar-refractivity contribution is 5.36. The van der Waals surface area contributed by atoms with E-state index in [0.717, 1.165) is 11.1 Å². The second kappa shape index (κ2) is 6.42. The molecule has 2 aromatic heterocycles. The smallest absolute Gasteiger partial charge is 0.139 e. The highest BCUT2D eigenvalue weighted by Crippen LogP contribution is 2.12. The highest BCUT2D eigenvalue weighted by Gasteiger charge is 1.99. The molecule has 0 radical (unpaired) electrons. The quantitative estimate of drug-likeness (QED) is 0.823. The lowest BCUT2D eigenvalue weighted by molar-refractivity contribution is 0.303. The zero-order valence-electron chi connectivity index (χ0n) is 9.67. The summed E-state index contributed by atoms with van der Waals surface area (Å²) in [5.41, 5.74) is 1.61. The van der Waals surface area contributed by atoms with Crippen LogP contribution < -0.4 is 4.74 Å². The Hall–Kier alpha value is -2.32. The van der Waals surface area contributed by atoms with Crippen LogP contribution in [0.4, 0.5) is 0 Å². The van der Waals surface area contributed by atoms with Gasteiger partial charge in [0, 0.05) is 23.7 Å². The number of ether oxygens (including phenoxy) is 1. The van der Waals surface area contributed by atoms with Crippen molar-refractivity contribution >= 4 is 0 Å². The van der Waals surface area contributed by atoms with E-state index in [1.807, 2.05) is 0 Å². The van der Waals surface area contributed by atoms with Crippen molar-refractivity contribution in [2.75, 3.05) is 6.61 Å². The van der Waals surface area contributed by atoms with Gasteiger partial charge in [-0.15, -0.1) is 0 Å². The summed E-state index contributed by atoms with van der Waals surface area (Å²) >= 11 is 0. The fraction of sp³-hybridized carbons (Fsp3) is 0.231. The summed E-state index contributed by atoms with van der Waals surface area (Å²) in [6.07, 6.45) is 6.84. The lowest BCUT2D eigenvalue weighted by Crippen LogP contribution is -1.94. The molecular formula is C13H12N2O3. The van der Waals surface area contributed by atoms with Crippen molar-refractivity contribution in [1.29, 1.82) is 0 Å². The van der Waals surface area contributed by atoms with Crippen LogP contribution in [0.5, 0.6) is 5.75 Å². The van der Waals surface area contributed by atoms with Crippen LogP contribution in [0.15, 0.2) is 35.4 Å². The Morgan fingerprint density at radius 1 is 1.33 bits per heavy atom. The molecule has 0 aliphatic rings. The molecule has 2 rings (SSSR count). The molecule has 18 heavy (non-hydrogen) atoms. The van der Waals surface area contributed by atoms with E-state index in [1.165, 1.54) is 6.26 Å². The second-order valence-corrected chi connectivity index (χ2v) is 3.51. The molecule has 0 spiro atoms. The van der Waals surface area contributed by atoms with Gasteiger partial charge >= 0.3 is 0 Å². The van der Waals surface area contributed by atoms with Gasteiger partial charge in [-0.1, -0.05) is 17.0 Å². The zero-order chi connectivity index (χ0) is 12.6. The summed E-state index contributed by atoms with van der Waals surface area (Å²) in [5, 5.41) is 12.2. The molecule has 0 aliphatic heterocycles. The van der Waals surface area contributed by atoms with E-state index in [-0.39, 0.29) is 6.61 Å². The summed E-state index contributed by atoms with van der Waals surface area (Å²) in [6.45, 7) is 0.433. The number of aromatic nitrogens is 2. The van der Waals surface area contributed by atoms with E-state index in [1.54, 1.807) is 24.7 Å². The van der Waals surface area contributed by atoms with Crippen molar-refractivity contribution in [3.05, 3.63) is 42.0 Å². The van der Waals surface area contributed by atoms with E-state index in [4.69, 9.17) is 14.4 Å². The van der Waals surface area contributed by atoms with Gasteiger partial charge in [0.1, 0.15) is 18.6 Å². The normalized spacial score (nSPS) is 9.61. The molecule has 5 nitrogen and oxygen atoms in total. The predicted molar refractivity (Wildman–Crippen MR) is 63.7 cm³/mol. The van der Waals surface area contributed by atoms with Crippen molar-refractivity contribution in [2.24, 2.45) is 0 Å². The van der Waals surface area contributed by atoms with Crippen molar-refractivity contribution in [3.8, 4) is 17.6 Å². The Balaban J connectivity index is 1.97. The molecule has 2 aromatic rings. The third-order valence-corrected chi connectivity index (χ3v) is 2.07. The average Bonchev–Trinajstić information content (AvgIpc) is 2.90. The van der Waals surface area contributed by atoms with Crippen molar-refractivity contribution in [2.45, 2.75) is 13.0 Å². The lowest BCUT2D eigenvalue weighted by atomic mass is 10.2. The number of nitrogens with zero attached hydrogens (tertiary/aromatic N) is 2. The van der Waals surface area contributed by atoms with Crippen LogP contribution in [-0.2, 0) is 6.61 Å². The minimum atomic E-state index is 0.0596. The molecule has 92 valence electrons.